The highest BCUT2D eigenvalue weighted by Gasteiger charge is 2.46. The zero-order valence-electron chi connectivity index (χ0n) is 16.9. The maximum absolute atomic E-state index is 13.1. The van der Waals surface area contributed by atoms with Gasteiger partial charge in [-0.15, -0.1) is 11.3 Å². The quantitative estimate of drug-likeness (QED) is 0.539. The lowest BCUT2D eigenvalue weighted by atomic mass is 9.96. The highest BCUT2D eigenvalue weighted by atomic mass is 32.1. The van der Waals surface area contributed by atoms with Gasteiger partial charge in [0.1, 0.15) is 11.8 Å². The molecule has 0 spiro atoms. The Morgan fingerprint density at radius 1 is 1.33 bits per heavy atom. The number of anilines is 1. The molecule has 3 aromatic rings. The fraction of sp³-hybridized carbons (Fsp3) is 0.318. The minimum atomic E-state index is -0.671. The first-order valence-electron chi connectivity index (χ1n) is 9.77. The second-order valence-corrected chi connectivity index (χ2v) is 9.42. The van der Waals surface area contributed by atoms with E-state index in [4.69, 9.17) is 4.74 Å². The average molecular weight is 443 g/mol. The number of ketones is 1. The minimum Gasteiger partial charge on any atom is -0.503 e. The number of aliphatic hydroxyl groups excluding tert-OH is 1. The van der Waals surface area contributed by atoms with E-state index in [1.165, 1.54) is 27.6 Å². The second kappa shape index (κ2) is 8.20. The van der Waals surface area contributed by atoms with Crippen molar-refractivity contribution in [1.82, 2.24) is 4.98 Å². The fourth-order valence-corrected chi connectivity index (χ4v) is 5.38. The Hall–Kier alpha value is -2.71. The van der Waals surface area contributed by atoms with Crippen LogP contribution in [0.25, 0.3) is 10.2 Å². The van der Waals surface area contributed by atoms with E-state index in [9.17, 15) is 14.7 Å². The number of ether oxygens (including phenoxy) is 1. The molecule has 3 heterocycles. The Bertz CT molecular complexity index is 1130. The smallest absolute Gasteiger partial charge is 0.296 e. The van der Waals surface area contributed by atoms with Gasteiger partial charge in [-0.05, 0) is 42.5 Å². The van der Waals surface area contributed by atoms with Gasteiger partial charge in [0.15, 0.2) is 16.7 Å². The highest BCUT2D eigenvalue weighted by molar-refractivity contribution is 7.22. The van der Waals surface area contributed by atoms with Crippen molar-refractivity contribution in [3.8, 4) is 5.75 Å². The zero-order valence-corrected chi connectivity index (χ0v) is 18.5. The average Bonchev–Trinajstić information content (AvgIpc) is 3.40. The number of fused-ring (bicyclic) bond motifs is 1. The number of hydrogen-bond donors (Lipinski definition) is 1. The Morgan fingerprint density at radius 3 is 2.80 bits per heavy atom. The molecule has 8 heteroatoms. The van der Waals surface area contributed by atoms with Crippen molar-refractivity contribution in [3.63, 3.8) is 0 Å². The largest absolute Gasteiger partial charge is 0.503 e. The molecule has 0 saturated heterocycles. The highest BCUT2D eigenvalue weighted by Crippen LogP contribution is 2.45. The van der Waals surface area contributed by atoms with Crippen LogP contribution in [-0.4, -0.2) is 28.4 Å². The van der Waals surface area contributed by atoms with Crippen molar-refractivity contribution in [2.75, 3.05) is 11.5 Å². The van der Waals surface area contributed by atoms with Crippen molar-refractivity contribution in [2.45, 2.75) is 33.2 Å². The number of amides is 1. The van der Waals surface area contributed by atoms with Crippen LogP contribution >= 0.6 is 22.7 Å². The zero-order chi connectivity index (χ0) is 21.4. The summed E-state index contributed by atoms with van der Waals surface area (Å²) in [6.07, 6.45) is 0.264. The molecular formula is C22H22N2O4S2. The van der Waals surface area contributed by atoms with Gasteiger partial charge in [-0.1, -0.05) is 31.3 Å². The van der Waals surface area contributed by atoms with Crippen LogP contribution in [0.3, 0.4) is 0 Å². The Labute approximate surface area is 182 Å². The van der Waals surface area contributed by atoms with E-state index < -0.39 is 17.7 Å². The lowest BCUT2D eigenvalue weighted by molar-refractivity contribution is -0.118. The molecule has 0 bridgehead atoms. The van der Waals surface area contributed by atoms with Crippen molar-refractivity contribution in [3.05, 3.63) is 51.9 Å². The van der Waals surface area contributed by atoms with Gasteiger partial charge in [-0.3, -0.25) is 14.5 Å². The maximum atomic E-state index is 13.1. The SMILES string of the molecule is CCOc1ccc2nc(N3C(=O)C(O)=C(C(=O)CC(C)C)C3c3cccs3)sc2c1. The summed E-state index contributed by atoms with van der Waals surface area (Å²) in [5.74, 6) is -0.434. The Morgan fingerprint density at radius 2 is 2.13 bits per heavy atom. The Balaban J connectivity index is 1.80. The van der Waals surface area contributed by atoms with Crippen molar-refractivity contribution in [2.24, 2.45) is 5.92 Å². The first kappa shape index (κ1) is 20.6. The molecule has 1 aliphatic heterocycles. The number of rotatable bonds is 7. The molecule has 1 amide bonds. The van der Waals surface area contributed by atoms with Crippen LogP contribution < -0.4 is 9.64 Å². The summed E-state index contributed by atoms with van der Waals surface area (Å²) in [5, 5.41) is 13.0. The summed E-state index contributed by atoms with van der Waals surface area (Å²) in [5.41, 5.74) is 0.892. The van der Waals surface area contributed by atoms with Gasteiger partial charge < -0.3 is 9.84 Å². The monoisotopic (exact) mass is 442 g/mol. The number of nitrogens with zero attached hydrogens (tertiary/aromatic N) is 2. The molecule has 0 radical (unpaired) electrons. The second-order valence-electron chi connectivity index (χ2n) is 7.44. The molecule has 0 saturated carbocycles. The number of thiazole rings is 1. The van der Waals surface area contributed by atoms with E-state index in [1.807, 2.05) is 56.5 Å². The molecule has 30 heavy (non-hydrogen) atoms. The lowest BCUT2D eigenvalue weighted by Gasteiger charge is -2.23. The summed E-state index contributed by atoms with van der Waals surface area (Å²) in [6.45, 7) is 6.35. The normalized spacial score (nSPS) is 16.9. The van der Waals surface area contributed by atoms with Crippen LogP contribution in [0, 0.1) is 5.92 Å². The number of carbonyl (C=O) groups is 2. The predicted octanol–water partition coefficient (Wildman–Crippen LogP) is 5.27. The van der Waals surface area contributed by atoms with Gasteiger partial charge in [0.05, 0.1) is 22.4 Å². The van der Waals surface area contributed by atoms with Crippen LogP contribution in [0.2, 0.25) is 0 Å². The number of aliphatic hydroxyl groups is 1. The standard InChI is InChI=1S/C22H22N2O4S2/c1-4-28-13-7-8-14-17(11-13)30-22(23-14)24-19(16-6-5-9-29-16)18(20(26)21(24)27)15(25)10-12(2)3/h5-9,11-12,19,26H,4,10H2,1-3H3. The third-order valence-corrected chi connectivity index (χ3v) is 6.72. The molecule has 1 N–H and O–H groups in total. The van der Waals surface area contributed by atoms with E-state index in [0.29, 0.717) is 11.7 Å². The number of Topliss-reactive ketones (excluding diaryl/α,β-unsaturated/α-hetero) is 1. The summed E-state index contributed by atoms with van der Waals surface area (Å²) in [4.78, 5) is 32.9. The van der Waals surface area contributed by atoms with Crippen LogP contribution in [0.4, 0.5) is 5.13 Å². The summed E-state index contributed by atoms with van der Waals surface area (Å²) in [7, 11) is 0. The number of carbonyl (C=O) groups excluding carboxylic acids is 2. The molecule has 0 aliphatic carbocycles. The molecule has 1 aliphatic rings. The number of hydrogen-bond acceptors (Lipinski definition) is 7. The van der Waals surface area contributed by atoms with Gasteiger partial charge in [0.25, 0.3) is 5.91 Å². The summed E-state index contributed by atoms with van der Waals surface area (Å²) >= 11 is 2.78. The molecule has 1 aromatic carbocycles. The van der Waals surface area contributed by atoms with Crippen molar-refractivity contribution < 1.29 is 19.4 Å². The lowest BCUT2D eigenvalue weighted by Crippen LogP contribution is -2.30. The van der Waals surface area contributed by atoms with Crippen molar-refractivity contribution in [1.29, 1.82) is 0 Å². The maximum Gasteiger partial charge on any atom is 0.296 e. The Kier molecular flexibility index (Phi) is 5.62. The molecule has 4 rings (SSSR count). The minimum absolute atomic E-state index is 0.116. The fourth-order valence-electron chi connectivity index (χ4n) is 3.54. The first-order chi connectivity index (χ1) is 14.4. The molecule has 6 nitrogen and oxygen atoms in total. The third-order valence-electron chi connectivity index (χ3n) is 4.78. The van der Waals surface area contributed by atoms with Gasteiger partial charge in [-0.2, -0.15) is 0 Å². The van der Waals surface area contributed by atoms with Crippen molar-refractivity contribution >= 4 is 49.7 Å². The molecule has 156 valence electrons. The van der Waals surface area contributed by atoms with Gasteiger partial charge >= 0.3 is 0 Å². The third kappa shape index (κ3) is 3.61. The molecular weight excluding hydrogens is 420 g/mol. The molecule has 2 aromatic heterocycles. The molecule has 1 unspecified atom stereocenters. The number of thiophene rings is 1. The molecule has 0 fully saturated rings. The van der Waals surface area contributed by atoms with Gasteiger partial charge in [0, 0.05) is 11.3 Å². The van der Waals surface area contributed by atoms with Crippen LogP contribution in [0.1, 0.15) is 38.1 Å². The van der Waals surface area contributed by atoms with Crippen LogP contribution in [0.15, 0.2) is 47.0 Å². The van der Waals surface area contributed by atoms with E-state index in [0.717, 1.165) is 20.8 Å². The number of benzene rings is 1. The topological polar surface area (TPSA) is 79.7 Å². The number of aromatic nitrogens is 1. The first-order valence-corrected chi connectivity index (χ1v) is 11.5. The summed E-state index contributed by atoms with van der Waals surface area (Å²) < 4.78 is 6.43. The van der Waals surface area contributed by atoms with Crippen LogP contribution in [-0.2, 0) is 9.59 Å². The van der Waals surface area contributed by atoms with Gasteiger partial charge in [-0.25, -0.2) is 4.98 Å². The van der Waals surface area contributed by atoms with E-state index in [2.05, 4.69) is 4.98 Å². The summed E-state index contributed by atoms with van der Waals surface area (Å²) in [6, 6.07) is 8.64. The van der Waals surface area contributed by atoms with Gasteiger partial charge in [0.2, 0.25) is 0 Å². The van der Waals surface area contributed by atoms with E-state index in [-0.39, 0.29) is 23.7 Å². The molecule has 1 atom stereocenters. The van der Waals surface area contributed by atoms with Crippen LogP contribution in [0.5, 0.6) is 5.75 Å². The van der Waals surface area contributed by atoms with E-state index >= 15 is 0 Å². The van der Waals surface area contributed by atoms with E-state index in [1.54, 1.807) is 0 Å². The predicted molar refractivity (Wildman–Crippen MR) is 119 cm³/mol.